The fourth-order valence-corrected chi connectivity index (χ4v) is 4.54. The van der Waals surface area contributed by atoms with Crippen LogP contribution < -0.4 is 10.5 Å². The average Bonchev–Trinajstić information content (AvgIpc) is 2.86. The third-order valence-corrected chi connectivity index (χ3v) is 5.81. The van der Waals surface area contributed by atoms with Gasteiger partial charge in [-0.15, -0.1) is 0 Å². The van der Waals surface area contributed by atoms with Gasteiger partial charge in [-0.3, -0.25) is 0 Å². The number of halogens is 1. The summed E-state index contributed by atoms with van der Waals surface area (Å²) in [6.07, 6.45) is 0.878. The van der Waals surface area contributed by atoms with Crippen LogP contribution in [0.4, 0.5) is 5.69 Å². The van der Waals surface area contributed by atoms with Gasteiger partial charge in [-0.1, -0.05) is 15.9 Å². The minimum absolute atomic E-state index is 0.165. The van der Waals surface area contributed by atoms with Crippen LogP contribution in [-0.4, -0.2) is 27.7 Å². The van der Waals surface area contributed by atoms with E-state index < -0.39 is 10.0 Å². The topological polar surface area (TPSA) is 81.4 Å². The molecule has 1 aliphatic rings. The number of benzene rings is 1. The lowest BCUT2D eigenvalue weighted by molar-refractivity contribution is 0.180. The second kappa shape index (κ2) is 6.01. The smallest absolute Gasteiger partial charge is 0.241 e. The van der Waals surface area contributed by atoms with Gasteiger partial charge < -0.3 is 10.5 Å². The van der Waals surface area contributed by atoms with E-state index in [1.54, 1.807) is 19.1 Å². The molecule has 2 atom stereocenters. The van der Waals surface area contributed by atoms with E-state index in [4.69, 9.17) is 10.5 Å². The fourth-order valence-electron chi connectivity index (χ4n) is 2.30. The summed E-state index contributed by atoms with van der Waals surface area (Å²) in [6, 6.07) is 3.11. The Morgan fingerprint density at radius 2 is 2.20 bits per heavy atom. The van der Waals surface area contributed by atoms with E-state index in [1.165, 1.54) is 0 Å². The van der Waals surface area contributed by atoms with Gasteiger partial charge >= 0.3 is 0 Å². The minimum Gasteiger partial charge on any atom is -0.398 e. The summed E-state index contributed by atoms with van der Waals surface area (Å²) in [6.45, 7) is 4.87. The minimum atomic E-state index is -3.59. The Morgan fingerprint density at radius 3 is 2.80 bits per heavy atom. The number of rotatable bonds is 4. The zero-order valence-corrected chi connectivity index (χ0v) is 13.9. The second-order valence-corrected chi connectivity index (χ2v) is 7.75. The number of hydrogen-bond acceptors (Lipinski definition) is 4. The van der Waals surface area contributed by atoms with E-state index in [-0.39, 0.29) is 16.9 Å². The van der Waals surface area contributed by atoms with E-state index in [2.05, 4.69) is 20.7 Å². The molecular weight excluding hydrogens is 344 g/mol. The van der Waals surface area contributed by atoms with Crippen molar-refractivity contribution < 1.29 is 13.2 Å². The molecule has 1 fully saturated rings. The van der Waals surface area contributed by atoms with Gasteiger partial charge in [-0.25, -0.2) is 13.1 Å². The van der Waals surface area contributed by atoms with Crippen LogP contribution in [0.5, 0.6) is 0 Å². The predicted molar refractivity (Wildman–Crippen MR) is 82.0 cm³/mol. The lowest BCUT2D eigenvalue weighted by Crippen LogP contribution is -2.38. The van der Waals surface area contributed by atoms with Gasteiger partial charge in [0.05, 0.1) is 11.5 Å². The van der Waals surface area contributed by atoms with Crippen molar-refractivity contribution >= 4 is 31.6 Å². The number of anilines is 1. The molecule has 1 aliphatic heterocycles. The highest BCUT2D eigenvalue weighted by atomic mass is 79.9. The molecule has 7 heteroatoms. The highest BCUT2D eigenvalue weighted by Gasteiger charge is 2.28. The molecule has 0 saturated carbocycles. The lowest BCUT2D eigenvalue weighted by Gasteiger charge is -2.20. The summed E-state index contributed by atoms with van der Waals surface area (Å²) in [5.41, 5.74) is 6.85. The molecule has 2 rings (SSSR count). The van der Waals surface area contributed by atoms with Crippen molar-refractivity contribution in [3.05, 3.63) is 22.2 Å². The molecule has 0 amide bonds. The van der Waals surface area contributed by atoms with Crippen LogP contribution in [-0.2, 0) is 14.8 Å². The number of nitrogens with one attached hydrogen (secondary N) is 1. The maximum atomic E-state index is 12.5. The normalized spacial score (nSPS) is 21.1. The molecule has 0 aromatic heterocycles. The van der Waals surface area contributed by atoms with Crippen molar-refractivity contribution in [3.8, 4) is 0 Å². The molecule has 1 aromatic rings. The van der Waals surface area contributed by atoms with Crippen molar-refractivity contribution in [2.45, 2.75) is 31.2 Å². The Balaban J connectivity index is 2.26. The Morgan fingerprint density at radius 1 is 1.50 bits per heavy atom. The van der Waals surface area contributed by atoms with Crippen molar-refractivity contribution in [3.63, 3.8) is 0 Å². The first-order valence-corrected chi connectivity index (χ1v) is 8.74. The van der Waals surface area contributed by atoms with E-state index in [9.17, 15) is 8.42 Å². The maximum Gasteiger partial charge on any atom is 0.241 e. The largest absolute Gasteiger partial charge is 0.398 e. The Kier molecular flexibility index (Phi) is 4.73. The molecule has 0 aliphatic carbocycles. The molecule has 3 N–H and O–H groups in total. The van der Waals surface area contributed by atoms with Crippen LogP contribution in [0, 0.1) is 12.8 Å². The molecule has 1 aromatic carbocycles. The van der Waals surface area contributed by atoms with Crippen LogP contribution in [0.2, 0.25) is 0 Å². The molecule has 5 nitrogen and oxygen atoms in total. The third kappa shape index (κ3) is 3.33. The van der Waals surface area contributed by atoms with Gasteiger partial charge in [0.15, 0.2) is 0 Å². The van der Waals surface area contributed by atoms with Crippen molar-refractivity contribution in [2.75, 3.05) is 18.9 Å². The van der Waals surface area contributed by atoms with E-state index >= 15 is 0 Å². The number of nitrogens with two attached hydrogens (primary N) is 1. The van der Waals surface area contributed by atoms with Crippen molar-refractivity contribution in [2.24, 2.45) is 5.92 Å². The van der Waals surface area contributed by atoms with Gasteiger partial charge in [-0.2, -0.15) is 0 Å². The first kappa shape index (κ1) is 15.8. The van der Waals surface area contributed by atoms with Gasteiger partial charge in [0.1, 0.15) is 0 Å². The zero-order valence-electron chi connectivity index (χ0n) is 11.5. The van der Waals surface area contributed by atoms with E-state index in [0.29, 0.717) is 28.9 Å². The molecule has 0 radical (unpaired) electrons. The summed E-state index contributed by atoms with van der Waals surface area (Å²) < 4.78 is 33.7. The Labute approximate surface area is 128 Å². The van der Waals surface area contributed by atoms with Crippen molar-refractivity contribution in [1.29, 1.82) is 0 Å². The predicted octanol–water partition coefficient (Wildman–Crippen LogP) is 2.04. The summed E-state index contributed by atoms with van der Waals surface area (Å²) in [5.74, 6) is 0.217. The van der Waals surface area contributed by atoms with Gasteiger partial charge in [0.2, 0.25) is 10.0 Å². The highest BCUT2D eigenvalue weighted by Crippen LogP contribution is 2.27. The first-order chi connectivity index (χ1) is 9.31. The average molecular weight is 363 g/mol. The van der Waals surface area contributed by atoms with Crippen LogP contribution in [0.1, 0.15) is 18.9 Å². The molecule has 0 spiro atoms. The maximum absolute atomic E-state index is 12.5. The van der Waals surface area contributed by atoms with E-state index in [0.717, 1.165) is 6.42 Å². The Hall–Kier alpha value is -0.630. The molecule has 1 heterocycles. The van der Waals surface area contributed by atoms with E-state index in [1.807, 2.05) is 6.92 Å². The number of sulfonamides is 1. The summed E-state index contributed by atoms with van der Waals surface area (Å²) in [5, 5.41) is 0. The lowest BCUT2D eigenvalue weighted by atomic mass is 10.0. The monoisotopic (exact) mass is 362 g/mol. The van der Waals surface area contributed by atoms with Crippen LogP contribution in [0.25, 0.3) is 0 Å². The number of hydrogen-bond donors (Lipinski definition) is 2. The number of ether oxygens (including phenoxy) is 1. The van der Waals surface area contributed by atoms with Crippen molar-refractivity contribution in [1.82, 2.24) is 4.72 Å². The summed E-state index contributed by atoms with van der Waals surface area (Å²) in [4.78, 5) is 0.218. The van der Waals surface area contributed by atoms with Crippen LogP contribution in [0.15, 0.2) is 21.5 Å². The van der Waals surface area contributed by atoms with Gasteiger partial charge in [-0.05, 0) is 38.0 Å². The van der Waals surface area contributed by atoms with Crippen LogP contribution >= 0.6 is 15.9 Å². The van der Waals surface area contributed by atoms with Gasteiger partial charge in [0, 0.05) is 28.7 Å². The molecule has 1 saturated heterocycles. The molecule has 0 bridgehead atoms. The standard InChI is InChI=1S/C13H19BrN2O3S/c1-8-12(15)5-11(14)6-13(8)20(17,18)16-9(2)10-3-4-19-7-10/h5-6,9-10,16H,3-4,7,15H2,1-2H3. The highest BCUT2D eigenvalue weighted by molar-refractivity contribution is 9.10. The zero-order chi connectivity index (χ0) is 14.9. The molecular formula is C13H19BrN2O3S. The molecule has 112 valence electrons. The molecule has 2 unspecified atom stereocenters. The fraction of sp³-hybridized carbons (Fsp3) is 0.538. The quantitative estimate of drug-likeness (QED) is 0.803. The number of nitrogen functional groups attached to an aromatic ring is 1. The first-order valence-electron chi connectivity index (χ1n) is 6.47. The molecule has 20 heavy (non-hydrogen) atoms. The van der Waals surface area contributed by atoms with Crippen LogP contribution in [0.3, 0.4) is 0 Å². The summed E-state index contributed by atoms with van der Waals surface area (Å²) >= 11 is 3.28. The Bertz CT molecular complexity index is 598. The second-order valence-electron chi connectivity index (χ2n) is 5.15. The summed E-state index contributed by atoms with van der Waals surface area (Å²) in [7, 11) is -3.59. The SMILES string of the molecule is Cc1c(N)cc(Br)cc1S(=O)(=O)NC(C)C1CCOC1. The van der Waals surface area contributed by atoms with Gasteiger partial charge in [0.25, 0.3) is 0 Å². The third-order valence-electron chi connectivity index (χ3n) is 3.67.